The summed E-state index contributed by atoms with van der Waals surface area (Å²) in [4.78, 5) is 15.3. The Morgan fingerprint density at radius 1 is 0.906 bits per heavy atom. The van der Waals surface area contributed by atoms with Crippen LogP contribution < -0.4 is 4.74 Å². The van der Waals surface area contributed by atoms with Gasteiger partial charge in [0.25, 0.3) is 0 Å². The average molecular weight is 427 g/mol. The lowest BCUT2D eigenvalue weighted by Gasteiger charge is -2.29. The van der Waals surface area contributed by atoms with Gasteiger partial charge in [0.05, 0.1) is 0 Å². The van der Waals surface area contributed by atoms with Crippen molar-refractivity contribution >= 4 is 5.97 Å². The van der Waals surface area contributed by atoms with E-state index in [0.717, 1.165) is 0 Å². The van der Waals surface area contributed by atoms with Gasteiger partial charge < -0.3 is 9.47 Å². The third-order valence-electron chi connectivity index (χ3n) is 5.62. The van der Waals surface area contributed by atoms with Crippen molar-refractivity contribution in [3.8, 4) is 17.6 Å². The highest BCUT2D eigenvalue weighted by Gasteiger charge is 2.35. The minimum Gasteiger partial charge on any atom is -0.457 e. The number of hydrogen-bond acceptors (Lipinski definition) is 5. The molecule has 0 fully saturated rings. The highest BCUT2D eigenvalue weighted by Crippen LogP contribution is 2.30. The number of nitriles is 1. The number of esters is 1. The van der Waals surface area contributed by atoms with Crippen molar-refractivity contribution in [2.75, 3.05) is 0 Å². The van der Waals surface area contributed by atoms with Crippen LogP contribution in [0.2, 0.25) is 0 Å². The molecule has 1 aliphatic rings. The zero-order valence-electron chi connectivity index (χ0n) is 18.3. The summed E-state index contributed by atoms with van der Waals surface area (Å²) >= 11 is 0. The smallest absolute Gasteiger partial charge is 0.325 e. The lowest BCUT2D eigenvalue weighted by Crippen LogP contribution is -2.43. The second-order valence-electron chi connectivity index (χ2n) is 8.30. The molecular formula is C27H26N2O3. The molecule has 0 N–H and O–H groups in total. The Morgan fingerprint density at radius 2 is 1.53 bits per heavy atom. The van der Waals surface area contributed by atoms with Crippen LogP contribution in [0, 0.1) is 17.2 Å². The van der Waals surface area contributed by atoms with Crippen LogP contribution in [0.25, 0.3) is 0 Å². The topological polar surface area (TPSA) is 62.6 Å². The maximum absolute atomic E-state index is 13.2. The van der Waals surface area contributed by atoms with E-state index in [1.807, 2.05) is 62.4 Å². The molecule has 4 rings (SSSR count). The first-order chi connectivity index (χ1) is 15.5. The lowest BCUT2D eigenvalue weighted by atomic mass is 10.0. The van der Waals surface area contributed by atoms with E-state index in [9.17, 15) is 10.1 Å². The average Bonchev–Trinajstić information content (AvgIpc) is 3.21. The third kappa shape index (κ3) is 4.82. The van der Waals surface area contributed by atoms with Crippen molar-refractivity contribution in [3.63, 3.8) is 0 Å². The molecule has 0 saturated heterocycles. The summed E-state index contributed by atoms with van der Waals surface area (Å²) < 4.78 is 11.6. The SMILES string of the molecule is CC(C)C(C(=O)OC(C#N)c1cccc(Oc2ccccc2)c1)N1Cc2ccccc2C1. The Morgan fingerprint density at radius 3 is 2.16 bits per heavy atom. The highest BCUT2D eigenvalue weighted by atomic mass is 16.5. The van der Waals surface area contributed by atoms with Crippen LogP contribution >= 0.6 is 0 Å². The van der Waals surface area contributed by atoms with Crippen LogP contribution in [0.15, 0.2) is 78.9 Å². The summed E-state index contributed by atoms with van der Waals surface area (Å²) in [6.45, 7) is 5.41. The fourth-order valence-electron chi connectivity index (χ4n) is 4.12. The minimum absolute atomic E-state index is 0.0453. The molecule has 0 spiro atoms. The molecule has 1 heterocycles. The fraction of sp³-hybridized carbons (Fsp3) is 0.259. The van der Waals surface area contributed by atoms with E-state index >= 15 is 0 Å². The first-order valence-electron chi connectivity index (χ1n) is 10.8. The molecular weight excluding hydrogens is 400 g/mol. The molecule has 162 valence electrons. The highest BCUT2D eigenvalue weighted by molar-refractivity contribution is 5.77. The van der Waals surface area contributed by atoms with E-state index < -0.39 is 12.1 Å². The number of carbonyl (C=O) groups excluding carboxylic acids is 1. The van der Waals surface area contributed by atoms with E-state index in [0.29, 0.717) is 30.2 Å². The van der Waals surface area contributed by atoms with Crippen molar-refractivity contribution in [2.45, 2.75) is 39.1 Å². The number of rotatable bonds is 7. The molecule has 0 bridgehead atoms. The van der Waals surface area contributed by atoms with E-state index in [1.165, 1.54) is 11.1 Å². The third-order valence-corrected chi connectivity index (χ3v) is 5.62. The minimum atomic E-state index is -1.01. The number of hydrogen-bond donors (Lipinski definition) is 0. The van der Waals surface area contributed by atoms with Gasteiger partial charge in [-0.25, -0.2) is 0 Å². The van der Waals surface area contributed by atoms with Gasteiger partial charge in [-0.1, -0.05) is 68.4 Å². The molecule has 0 aliphatic carbocycles. The van der Waals surface area contributed by atoms with E-state index in [1.54, 1.807) is 18.2 Å². The van der Waals surface area contributed by atoms with Gasteiger partial charge in [-0.15, -0.1) is 0 Å². The monoisotopic (exact) mass is 426 g/mol. The summed E-state index contributed by atoms with van der Waals surface area (Å²) in [5.41, 5.74) is 3.04. The van der Waals surface area contributed by atoms with Crippen LogP contribution in [0.4, 0.5) is 0 Å². The van der Waals surface area contributed by atoms with Crippen molar-refractivity contribution in [3.05, 3.63) is 95.6 Å². The molecule has 0 aromatic heterocycles. The van der Waals surface area contributed by atoms with Gasteiger partial charge in [-0.2, -0.15) is 5.26 Å². The molecule has 3 aromatic rings. The Bertz CT molecular complexity index is 1100. The van der Waals surface area contributed by atoms with Crippen LogP contribution in [0.3, 0.4) is 0 Å². The largest absolute Gasteiger partial charge is 0.457 e. The first-order valence-corrected chi connectivity index (χ1v) is 10.8. The quantitative estimate of drug-likeness (QED) is 0.458. The maximum Gasteiger partial charge on any atom is 0.325 e. The van der Waals surface area contributed by atoms with Crippen molar-refractivity contribution in [2.24, 2.45) is 5.92 Å². The lowest BCUT2D eigenvalue weighted by molar-refractivity contribution is -0.155. The number of nitrogens with zero attached hydrogens (tertiary/aromatic N) is 2. The first kappa shape index (κ1) is 21.6. The van der Waals surface area contributed by atoms with Gasteiger partial charge in [0.2, 0.25) is 6.10 Å². The molecule has 2 atom stereocenters. The summed E-state index contributed by atoms with van der Waals surface area (Å²) in [6.07, 6.45) is -1.01. The van der Waals surface area contributed by atoms with E-state index in [2.05, 4.69) is 23.1 Å². The van der Waals surface area contributed by atoms with Crippen LogP contribution in [-0.4, -0.2) is 16.9 Å². The van der Waals surface area contributed by atoms with Crippen molar-refractivity contribution in [1.29, 1.82) is 5.26 Å². The van der Waals surface area contributed by atoms with Gasteiger partial charge >= 0.3 is 5.97 Å². The molecule has 32 heavy (non-hydrogen) atoms. The number of benzene rings is 3. The van der Waals surface area contributed by atoms with E-state index in [-0.39, 0.29) is 11.9 Å². The van der Waals surface area contributed by atoms with Crippen LogP contribution in [0.5, 0.6) is 11.5 Å². The zero-order valence-corrected chi connectivity index (χ0v) is 18.3. The predicted molar refractivity (Wildman–Crippen MR) is 122 cm³/mol. The zero-order chi connectivity index (χ0) is 22.5. The van der Waals surface area contributed by atoms with Gasteiger partial charge in [0, 0.05) is 18.7 Å². The molecule has 0 radical (unpaired) electrons. The normalized spacial score (nSPS) is 14.9. The summed E-state index contributed by atoms with van der Waals surface area (Å²) in [6, 6.07) is 26.4. The second-order valence-corrected chi connectivity index (χ2v) is 8.30. The summed E-state index contributed by atoms with van der Waals surface area (Å²) in [7, 11) is 0. The Hall–Kier alpha value is -3.62. The number of ether oxygens (including phenoxy) is 2. The summed E-state index contributed by atoms with van der Waals surface area (Å²) in [5, 5.41) is 9.76. The maximum atomic E-state index is 13.2. The van der Waals surface area contributed by atoms with E-state index in [4.69, 9.17) is 9.47 Å². The van der Waals surface area contributed by atoms with Gasteiger partial charge in [0.1, 0.15) is 23.6 Å². The van der Waals surface area contributed by atoms with Crippen LogP contribution in [0.1, 0.15) is 36.6 Å². The van der Waals surface area contributed by atoms with Gasteiger partial charge in [-0.05, 0) is 41.3 Å². The molecule has 2 unspecified atom stereocenters. The molecule has 5 heteroatoms. The molecule has 5 nitrogen and oxygen atoms in total. The number of fused-ring (bicyclic) bond motifs is 1. The molecule has 3 aromatic carbocycles. The second kappa shape index (κ2) is 9.67. The Balaban J connectivity index is 1.48. The molecule has 0 saturated carbocycles. The van der Waals surface area contributed by atoms with Gasteiger partial charge in [0.15, 0.2) is 0 Å². The van der Waals surface area contributed by atoms with Crippen LogP contribution in [-0.2, 0) is 22.6 Å². The predicted octanol–water partition coefficient (Wildman–Crippen LogP) is 5.63. The fourth-order valence-corrected chi connectivity index (χ4v) is 4.12. The summed E-state index contributed by atoms with van der Waals surface area (Å²) in [5.74, 6) is 0.946. The molecule has 1 aliphatic heterocycles. The molecule has 0 amide bonds. The Kier molecular flexibility index (Phi) is 6.53. The number of para-hydroxylation sites is 1. The van der Waals surface area contributed by atoms with Crippen molar-refractivity contribution < 1.29 is 14.3 Å². The van der Waals surface area contributed by atoms with Gasteiger partial charge in [-0.3, -0.25) is 9.69 Å². The van der Waals surface area contributed by atoms with Crippen molar-refractivity contribution in [1.82, 2.24) is 4.90 Å². The standard InChI is InChI=1S/C27H26N2O3/c1-19(2)26(29-17-21-9-6-7-10-22(21)18-29)27(30)32-25(16-28)20-11-8-14-24(15-20)31-23-12-4-3-5-13-23/h3-15,19,25-26H,17-18H2,1-2H3. The number of carbonyl (C=O) groups is 1. The Labute approximate surface area is 188 Å².